The molecule has 2 N–H and O–H groups in total. The van der Waals surface area contributed by atoms with Crippen LogP contribution in [0.25, 0.3) is 33.4 Å². The van der Waals surface area contributed by atoms with Gasteiger partial charge in [-0.1, -0.05) is 72.4 Å². The van der Waals surface area contributed by atoms with Crippen LogP contribution in [0.15, 0.2) is 126 Å². The Labute approximate surface area is 262 Å². The SMILES string of the molecule is N#Cc1ccc(-c2ccc(F)cc2)nc1SC(C(=O)Nc1ccc(-c2cc(C(=O)O)c3ccccc3n2)cc1)c1ccccc1. The van der Waals surface area contributed by atoms with Crippen LogP contribution < -0.4 is 5.32 Å². The monoisotopic (exact) mass is 610 g/mol. The zero-order chi connectivity index (χ0) is 31.3. The molecule has 2 heterocycles. The van der Waals surface area contributed by atoms with Crippen molar-refractivity contribution in [3.63, 3.8) is 0 Å². The molecule has 0 radical (unpaired) electrons. The third kappa shape index (κ3) is 6.42. The van der Waals surface area contributed by atoms with Gasteiger partial charge in [0.15, 0.2) is 0 Å². The number of aromatic nitrogens is 2. The standard InChI is InChI=1S/C36H23FN4O3S/c37-26-15-10-22(11-16-26)30-19-14-25(21-38)35(41-30)45-33(24-6-2-1-3-7-24)34(42)39-27-17-12-23(13-18-27)32-20-29(36(43)44)28-8-4-5-9-31(28)40-32/h1-20,33H,(H,39,42)(H,43,44). The van der Waals surface area contributed by atoms with Gasteiger partial charge in [-0.2, -0.15) is 5.26 Å². The summed E-state index contributed by atoms with van der Waals surface area (Å²) in [6.07, 6.45) is 0. The third-order valence-corrected chi connectivity index (χ3v) is 8.34. The largest absolute Gasteiger partial charge is 0.478 e. The summed E-state index contributed by atoms with van der Waals surface area (Å²) in [6.45, 7) is 0. The van der Waals surface area contributed by atoms with Crippen molar-refractivity contribution >= 4 is 40.2 Å². The molecule has 9 heteroatoms. The second-order valence-corrected chi connectivity index (χ2v) is 11.1. The molecule has 0 bridgehead atoms. The van der Waals surface area contributed by atoms with E-state index in [1.54, 1.807) is 78.9 Å². The minimum absolute atomic E-state index is 0.157. The zero-order valence-electron chi connectivity index (χ0n) is 23.5. The van der Waals surface area contributed by atoms with E-state index in [0.717, 1.165) is 17.3 Å². The molecule has 6 rings (SSSR count). The third-order valence-electron chi connectivity index (χ3n) is 7.09. The number of carboxylic acids is 1. The number of fused-ring (bicyclic) bond motifs is 1. The highest BCUT2D eigenvalue weighted by Gasteiger charge is 2.25. The average Bonchev–Trinajstić information content (AvgIpc) is 3.07. The molecule has 6 aromatic rings. The molecule has 2 aromatic heterocycles. The van der Waals surface area contributed by atoms with E-state index in [1.807, 2.05) is 30.3 Å². The molecular formula is C36H23FN4O3S. The molecule has 7 nitrogen and oxygen atoms in total. The number of halogens is 1. The highest BCUT2D eigenvalue weighted by atomic mass is 32.2. The smallest absolute Gasteiger partial charge is 0.336 e. The molecule has 0 aliphatic carbocycles. The highest BCUT2D eigenvalue weighted by molar-refractivity contribution is 8.00. The first-order chi connectivity index (χ1) is 21.9. The minimum atomic E-state index is -1.04. The summed E-state index contributed by atoms with van der Waals surface area (Å²) in [6, 6.07) is 36.2. The average molecular weight is 611 g/mol. The van der Waals surface area contributed by atoms with Crippen LogP contribution in [0.5, 0.6) is 0 Å². The molecule has 0 saturated heterocycles. The summed E-state index contributed by atoms with van der Waals surface area (Å²) >= 11 is 1.15. The molecule has 45 heavy (non-hydrogen) atoms. The molecule has 0 aliphatic rings. The lowest BCUT2D eigenvalue weighted by Crippen LogP contribution is -2.19. The maximum atomic E-state index is 13.8. The van der Waals surface area contributed by atoms with Crippen molar-refractivity contribution in [1.29, 1.82) is 5.26 Å². The number of thioether (sulfide) groups is 1. The van der Waals surface area contributed by atoms with Crippen molar-refractivity contribution < 1.29 is 19.1 Å². The molecular weight excluding hydrogens is 587 g/mol. The zero-order valence-corrected chi connectivity index (χ0v) is 24.3. The highest BCUT2D eigenvalue weighted by Crippen LogP contribution is 2.38. The number of amides is 1. The Morgan fingerprint density at radius 3 is 2.18 bits per heavy atom. The number of hydrogen-bond acceptors (Lipinski definition) is 6. The lowest BCUT2D eigenvalue weighted by atomic mass is 10.0. The number of para-hydroxylation sites is 1. The van der Waals surface area contributed by atoms with Crippen LogP contribution in [0.1, 0.15) is 26.7 Å². The number of carboxylic acid groups (broad SMARTS) is 1. The van der Waals surface area contributed by atoms with E-state index >= 15 is 0 Å². The number of nitrogens with one attached hydrogen (secondary N) is 1. The number of hydrogen-bond donors (Lipinski definition) is 2. The number of pyridine rings is 2. The quantitative estimate of drug-likeness (QED) is 0.167. The fourth-order valence-corrected chi connectivity index (χ4v) is 5.92. The Morgan fingerprint density at radius 2 is 1.47 bits per heavy atom. The first kappa shape index (κ1) is 29.2. The Balaban J connectivity index is 1.28. The van der Waals surface area contributed by atoms with Gasteiger partial charge in [0, 0.05) is 22.2 Å². The summed E-state index contributed by atoms with van der Waals surface area (Å²) in [5.74, 6) is -1.73. The van der Waals surface area contributed by atoms with E-state index in [4.69, 9.17) is 0 Å². The van der Waals surface area contributed by atoms with Crippen LogP contribution in [0.2, 0.25) is 0 Å². The topological polar surface area (TPSA) is 116 Å². The number of carbonyl (C=O) groups is 2. The Hall–Kier alpha value is -5.85. The van der Waals surface area contributed by atoms with Crippen LogP contribution in [0.3, 0.4) is 0 Å². The number of rotatable bonds is 8. The maximum Gasteiger partial charge on any atom is 0.336 e. The van der Waals surface area contributed by atoms with Crippen molar-refractivity contribution in [2.45, 2.75) is 10.3 Å². The van der Waals surface area contributed by atoms with Crippen molar-refractivity contribution in [3.05, 3.63) is 144 Å². The van der Waals surface area contributed by atoms with Crippen molar-refractivity contribution in [2.75, 3.05) is 5.32 Å². The first-order valence-corrected chi connectivity index (χ1v) is 14.7. The predicted octanol–water partition coefficient (Wildman–Crippen LogP) is 8.14. The van der Waals surface area contributed by atoms with E-state index in [9.17, 15) is 24.3 Å². The van der Waals surface area contributed by atoms with Crippen LogP contribution in [0, 0.1) is 17.1 Å². The lowest BCUT2D eigenvalue weighted by molar-refractivity contribution is -0.115. The maximum absolute atomic E-state index is 13.8. The van der Waals surface area contributed by atoms with Crippen molar-refractivity contribution in [1.82, 2.24) is 9.97 Å². The van der Waals surface area contributed by atoms with Gasteiger partial charge < -0.3 is 10.4 Å². The normalized spacial score (nSPS) is 11.5. The van der Waals surface area contributed by atoms with Crippen LogP contribution in [-0.2, 0) is 4.79 Å². The van der Waals surface area contributed by atoms with Crippen LogP contribution in [-0.4, -0.2) is 27.0 Å². The van der Waals surface area contributed by atoms with Gasteiger partial charge in [0.05, 0.1) is 28.0 Å². The van der Waals surface area contributed by atoms with Crippen LogP contribution in [0.4, 0.5) is 10.1 Å². The number of nitrogens with zero attached hydrogens (tertiary/aromatic N) is 3. The van der Waals surface area contributed by atoms with E-state index in [2.05, 4.69) is 21.4 Å². The lowest BCUT2D eigenvalue weighted by Gasteiger charge is -2.18. The van der Waals surface area contributed by atoms with E-state index in [1.165, 1.54) is 12.1 Å². The molecule has 0 saturated carbocycles. The molecule has 1 amide bonds. The number of carbonyl (C=O) groups excluding carboxylic acids is 1. The van der Waals surface area contributed by atoms with Crippen LogP contribution >= 0.6 is 11.8 Å². The van der Waals surface area contributed by atoms with Crippen molar-refractivity contribution in [2.24, 2.45) is 0 Å². The fourth-order valence-electron chi connectivity index (χ4n) is 4.84. The molecule has 1 atom stereocenters. The van der Waals surface area contributed by atoms with Gasteiger partial charge in [-0.05, 0) is 66.2 Å². The molecule has 218 valence electrons. The molecule has 4 aromatic carbocycles. The van der Waals surface area contributed by atoms with Gasteiger partial charge in [0.2, 0.25) is 5.91 Å². The second-order valence-electron chi connectivity index (χ2n) is 10.0. The molecule has 0 spiro atoms. The number of benzene rings is 4. The van der Waals surface area contributed by atoms with E-state index in [0.29, 0.717) is 49.7 Å². The fraction of sp³-hybridized carbons (Fsp3) is 0.0278. The first-order valence-electron chi connectivity index (χ1n) is 13.8. The molecule has 0 fully saturated rings. The Bertz CT molecular complexity index is 2080. The molecule has 0 aliphatic heterocycles. The van der Waals surface area contributed by atoms with Gasteiger partial charge in [0.25, 0.3) is 0 Å². The summed E-state index contributed by atoms with van der Waals surface area (Å²) in [5.41, 5.74) is 4.70. The predicted molar refractivity (Wildman–Crippen MR) is 172 cm³/mol. The molecule has 1 unspecified atom stereocenters. The van der Waals surface area contributed by atoms with Gasteiger partial charge in [0.1, 0.15) is 22.2 Å². The number of nitriles is 1. The number of anilines is 1. The summed E-state index contributed by atoms with van der Waals surface area (Å²) < 4.78 is 13.5. The van der Waals surface area contributed by atoms with E-state index < -0.39 is 11.2 Å². The second kappa shape index (κ2) is 12.8. The summed E-state index contributed by atoms with van der Waals surface area (Å²) in [5, 5.41) is 22.7. The Kier molecular flexibility index (Phi) is 8.31. The Morgan fingerprint density at radius 1 is 0.800 bits per heavy atom. The number of aromatic carboxylic acids is 1. The van der Waals surface area contributed by atoms with Gasteiger partial charge in [-0.3, -0.25) is 4.79 Å². The van der Waals surface area contributed by atoms with Gasteiger partial charge in [-0.25, -0.2) is 19.2 Å². The van der Waals surface area contributed by atoms with E-state index in [-0.39, 0.29) is 17.3 Å². The minimum Gasteiger partial charge on any atom is -0.478 e. The van der Waals surface area contributed by atoms with Gasteiger partial charge in [-0.15, -0.1) is 0 Å². The summed E-state index contributed by atoms with van der Waals surface area (Å²) in [4.78, 5) is 35.0. The summed E-state index contributed by atoms with van der Waals surface area (Å²) in [7, 11) is 0. The van der Waals surface area contributed by atoms with Gasteiger partial charge >= 0.3 is 5.97 Å². The van der Waals surface area contributed by atoms with Crippen molar-refractivity contribution in [3.8, 4) is 28.6 Å².